The van der Waals surface area contributed by atoms with Crippen LogP contribution in [0, 0.1) is 62.6 Å². The molecule has 7 rings (SSSR count). The quantitative estimate of drug-likeness (QED) is 0.227. The van der Waals surface area contributed by atoms with Crippen molar-refractivity contribution in [3.63, 3.8) is 0 Å². The first-order chi connectivity index (χ1) is 26.4. The van der Waals surface area contributed by atoms with Crippen LogP contribution in [-0.4, -0.2) is 61.8 Å². The van der Waals surface area contributed by atoms with Crippen LogP contribution in [0.3, 0.4) is 0 Å². The minimum absolute atomic E-state index is 0.00895. The first-order valence-electron chi connectivity index (χ1n) is 21.5. The van der Waals surface area contributed by atoms with Crippen LogP contribution in [0.1, 0.15) is 151 Å². The SMILES string of the molecule is CC(C)C1=C2[C@H]3CC[C@@H]4[C@@]5(C)CC[C@H](OC(=O)[C@H]6C[C@@H](C(=O)O)C6(C)C)C(C)(C)[C@@H]5CC[C@@]4(C)[C@]3(C)CC[C@@]2(NC(=O)C(C)(C)NC(=O)c2ncccn2)CC1=O. The highest BCUT2D eigenvalue weighted by molar-refractivity contribution is 6.03. The Balaban J connectivity index is 1.14. The second kappa shape index (κ2) is 13.4. The predicted octanol–water partition coefficient (Wildman–Crippen LogP) is 7.49. The van der Waals surface area contributed by atoms with E-state index in [1.807, 2.05) is 13.8 Å². The summed E-state index contributed by atoms with van der Waals surface area (Å²) >= 11 is 0. The highest BCUT2D eigenvalue weighted by atomic mass is 16.5. The van der Waals surface area contributed by atoms with Crippen molar-refractivity contribution in [1.29, 1.82) is 0 Å². The minimum atomic E-state index is -1.29. The lowest BCUT2D eigenvalue weighted by Gasteiger charge is -2.72. The van der Waals surface area contributed by atoms with E-state index in [9.17, 15) is 29.1 Å². The topological polar surface area (TPSA) is 165 Å². The zero-order valence-corrected chi connectivity index (χ0v) is 36.1. The van der Waals surface area contributed by atoms with E-state index in [-0.39, 0.29) is 69.5 Å². The number of nitrogens with one attached hydrogen (secondary N) is 2. The van der Waals surface area contributed by atoms with Crippen LogP contribution >= 0.6 is 0 Å². The normalized spacial score (nSPS) is 39.1. The van der Waals surface area contributed by atoms with Crippen molar-refractivity contribution in [2.45, 2.75) is 158 Å². The Labute approximate surface area is 338 Å². The van der Waals surface area contributed by atoms with E-state index in [4.69, 9.17) is 4.74 Å². The Morgan fingerprint density at radius 2 is 1.51 bits per heavy atom. The van der Waals surface area contributed by atoms with E-state index in [0.29, 0.717) is 24.7 Å². The molecule has 312 valence electrons. The molecule has 6 aliphatic carbocycles. The lowest BCUT2D eigenvalue weighted by Crippen LogP contribution is -2.68. The predicted molar refractivity (Wildman–Crippen MR) is 214 cm³/mol. The number of allylic oxidation sites excluding steroid dienone is 1. The molecule has 10 atom stereocenters. The van der Waals surface area contributed by atoms with E-state index in [0.717, 1.165) is 56.1 Å². The largest absolute Gasteiger partial charge is 0.481 e. The van der Waals surface area contributed by atoms with Crippen molar-refractivity contribution >= 4 is 29.5 Å². The summed E-state index contributed by atoms with van der Waals surface area (Å²) in [5.74, 6) is -1.89. The smallest absolute Gasteiger partial charge is 0.309 e. The molecule has 2 amide bonds. The number of aromatic nitrogens is 2. The summed E-state index contributed by atoms with van der Waals surface area (Å²) in [6.07, 6.45) is 10.6. The number of nitrogens with zero attached hydrogens (tertiary/aromatic N) is 2. The number of Topliss-reactive ketones (excluding diaryl/α,β-unsaturated/α-hetero) is 1. The molecule has 5 saturated carbocycles. The molecule has 0 bridgehead atoms. The number of carboxylic acids is 1. The molecule has 11 heteroatoms. The van der Waals surface area contributed by atoms with Crippen LogP contribution in [0.5, 0.6) is 0 Å². The number of hydrogen-bond donors (Lipinski definition) is 3. The highest BCUT2D eigenvalue weighted by Gasteiger charge is 2.71. The van der Waals surface area contributed by atoms with Crippen LogP contribution in [0.15, 0.2) is 29.6 Å². The Hall–Kier alpha value is -3.63. The van der Waals surface area contributed by atoms with Gasteiger partial charge in [-0.05, 0) is 134 Å². The van der Waals surface area contributed by atoms with Crippen LogP contribution in [0.25, 0.3) is 0 Å². The number of ketones is 1. The van der Waals surface area contributed by atoms with Crippen molar-refractivity contribution < 1.29 is 33.8 Å². The highest BCUT2D eigenvalue weighted by Crippen LogP contribution is 2.76. The number of rotatable bonds is 8. The number of aliphatic carboxylic acids is 1. The molecule has 6 aliphatic rings. The van der Waals surface area contributed by atoms with Gasteiger partial charge in [0.05, 0.1) is 17.4 Å². The van der Waals surface area contributed by atoms with Gasteiger partial charge in [0.1, 0.15) is 11.6 Å². The first-order valence-corrected chi connectivity index (χ1v) is 21.5. The molecule has 11 nitrogen and oxygen atoms in total. The van der Waals surface area contributed by atoms with Crippen LogP contribution in [0.2, 0.25) is 0 Å². The van der Waals surface area contributed by atoms with Crippen molar-refractivity contribution in [3.8, 4) is 0 Å². The first kappa shape index (κ1) is 41.5. The van der Waals surface area contributed by atoms with Crippen molar-refractivity contribution in [2.24, 2.45) is 62.6 Å². The van der Waals surface area contributed by atoms with Gasteiger partial charge in [-0.3, -0.25) is 24.0 Å². The van der Waals surface area contributed by atoms with Crippen LogP contribution in [0.4, 0.5) is 0 Å². The maximum atomic E-state index is 14.3. The third-order valence-corrected chi connectivity index (χ3v) is 17.6. The second-order valence-electron chi connectivity index (χ2n) is 21.7. The van der Waals surface area contributed by atoms with Gasteiger partial charge in [0.15, 0.2) is 5.78 Å². The Morgan fingerprint density at radius 3 is 2.12 bits per heavy atom. The summed E-state index contributed by atoms with van der Waals surface area (Å²) in [4.78, 5) is 75.0. The lowest BCUT2D eigenvalue weighted by molar-refractivity contribution is -0.235. The molecule has 0 radical (unpaired) electrons. The number of hydrogen-bond acceptors (Lipinski definition) is 8. The number of carboxylic acid groups (broad SMARTS) is 1. The van der Waals surface area contributed by atoms with Gasteiger partial charge in [-0.2, -0.15) is 0 Å². The summed E-state index contributed by atoms with van der Waals surface area (Å²) in [6.45, 7) is 23.4. The van der Waals surface area contributed by atoms with Crippen molar-refractivity contribution in [2.75, 3.05) is 0 Å². The average Bonchev–Trinajstić information content (AvgIpc) is 3.41. The third-order valence-electron chi connectivity index (χ3n) is 17.6. The van der Waals surface area contributed by atoms with Crippen molar-refractivity contribution in [3.05, 3.63) is 35.4 Å². The molecule has 0 aliphatic heterocycles. The van der Waals surface area contributed by atoms with Crippen LogP contribution < -0.4 is 10.6 Å². The second-order valence-corrected chi connectivity index (χ2v) is 21.7. The number of carbonyl (C=O) groups is 5. The molecule has 3 N–H and O–H groups in total. The molecule has 1 aromatic rings. The average molecular weight is 787 g/mol. The van der Waals surface area contributed by atoms with Gasteiger partial charge < -0.3 is 20.5 Å². The molecular weight excluding hydrogens is 721 g/mol. The fraction of sp³-hybridized carbons (Fsp3) is 0.761. The van der Waals surface area contributed by atoms with Gasteiger partial charge in [-0.1, -0.05) is 62.3 Å². The Morgan fingerprint density at radius 1 is 0.842 bits per heavy atom. The maximum Gasteiger partial charge on any atom is 0.309 e. The van der Waals surface area contributed by atoms with E-state index >= 15 is 0 Å². The fourth-order valence-electron chi connectivity index (χ4n) is 14.1. The zero-order chi connectivity index (χ0) is 41.9. The number of esters is 1. The molecular formula is C46H66N4O7. The van der Waals surface area contributed by atoms with E-state index in [1.165, 1.54) is 12.4 Å². The zero-order valence-electron chi connectivity index (χ0n) is 36.1. The molecule has 0 saturated heterocycles. The summed E-state index contributed by atoms with van der Waals surface area (Å²) < 4.78 is 6.40. The fourth-order valence-corrected chi connectivity index (χ4v) is 14.1. The number of fused-ring (bicyclic) bond motifs is 7. The van der Waals surface area contributed by atoms with E-state index in [2.05, 4.69) is 69.1 Å². The molecule has 5 fully saturated rings. The molecule has 57 heavy (non-hydrogen) atoms. The van der Waals surface area contributed by atoms with Crippen LogP contribution in [-0.2, 0) is 23.9 Å². The maximum absolute atomic E-state index is 14.3. The van der Waals surface area contributed by atoms with Gasteiger partial charge in [0, 0.05) is 24.2 Å². The molecule has 0 aromatic carbocycles. The molecule has 1 heterocycles. The van der Waals surface area contributed by atoms with Gasteiger partial charge in [0.2, 0.25) is 11.7 Å². The van der Waals surface area contributed by atoms with Gasteiger partial charge in [-0.15, -0.1) is 0 Å². The monoisotopic (exact) mass is 786 g/mol. The standard InChI is InChI=1S/C46H66N4O7/c1-25(2)33-29(51)24-46(50-39(56)42(7,8)49-36(52)35-47-21-12-22-48-35)20-19-44(10)26(34(33)46)13-14-31-43(9)17-16-32(41(5,6)30(43)15-18-45(31,44)11)57-38(55)28-23-27(37(53)54)40(28,3)4/h12,21-22,25-28,30-32H,13-20,23-24H2,1-11H3,(H,49,52)(H,50,56)(H,53,54)/t26-,27+,28-,30+,31-,32+,43+,44-,45-,46-/m1/s1. The lowest BCUT2D eigenvalue weighted by atomic mass is 9.33. The minimum Gasteiger partial charge on any atom is -0.481 e. The van der Waals surface area contributed by atoms with E-state index < -0.39 is 40.2 Å². The van der Waals surface area contributed by atoms with Gasteiger partial charge in [0.25, 0.3) is 5.91 Å². The molecule has 1 aromatic heterocycles. The third kappa shape index (κ3) is 6.04. The summed E-state index contributed by atoms with van der Waals surface area (Å²) in [7, 11) is 0. The summed E-state index contributed by atoms with van der Waals surface area (Å²) in [5, 5.41) is 15.9. The van der Waals surface area contributed by atoms with Gasteiger partial charge >= 0.3 is 11.9 Å². The summed E-state index contributed by atoms with van der Waals surface area (Å²) in [5.41, 5.74) is -1.09. The van der Waals surface area contributed by atoms with Crippen molar-refractivity contribution in [1.82, 2.24) is 20.6 Å². The van der Waals surface area contributed by atoms with Gasteiger partial charge in [-0.25, -0.2) is 9.97 Å². The Bertz CT molecular complexity index is 1900. The Kier molecular flexibility index (Phi) is 9.80. The number of carbonyl (C=O) groups excluding carboxylic acids is 4. The molecule has 0 spiro atoms. The summed E-state index contributed by atoms with van der Waals surface area (Å²) in [6, 6.07) is 1.63. The number of amides is 2. The molecule has 0 unspecified atom stereocenters. The number of ether oxygens (including phenoxy) is 1. The van der Waals surface area contributed by atoms with E-state index in [1.54, 1.807) is 19.9 Å².